The Morgan fingerprint density at radius 2 is 1.07 bits per heavy atom. The molecular formula is C52H43F12N7O6RuS2. The average molecular weight is 1260 g/mol. The summed E-state index contributed by atoms with van der Waals surface area (Å²) in [6.45, 7) is 1.57. The largest absolute Gasteiger partial charge is 2.00 e. The van der Waals surface area contributed by atoms with Crippen LogP contribution in [-0.4, -0.2) is 74.9 Å². The molecule has 28 heteroatoms. The van der Waals surface area contributed by atoms with E-state index in [1.807, 2.05) is 12.2 Å². The Balaban J connectivity index is 0.000000579. The molecule has 5 rings (SSSR count). The Labute approximate surface area is 471 Å². The van der Waals surface area contributed by atoms with Crippen LogP contribution >= 0.6 is 23.6 Å². The molecule has 0 bridgehead atoms. The first-order chi connectivity index (χ1) is 37.2. The van der Waals surface area contributed by atoms with Crippen LogP contribution in [0.15, 0.2) is 103 Å². The van der Waals surface area contributed by atoms with Crippen LogP contribution in [0, 0.1) is 5.41 Å². The monoisotopic (exact) mass is 1260 g/mol. The number of alkyl halides is 12. The molecule has 0 fully saturated rings. The number of hydrogen-bond acceptors (Lipinski definition) is 13. The quantitative estimate of drug-likeness (QED) is 0.00953. The van der Waals surface area contributed by atoms with Gasteiger partial charge in [-0.2, -0.15) is 57.8 Å². The first kappa shape index (κ1) is 68.6. The Morgan fingerprint density at radius 1 is 0.637 bits per heavy atom. The molecule has 0 saturated heterocycles. The normalized spacial score (nSPS) is 12.4. The third kappa shape index (κ3) is 26.9. The van der Waals surface area contributed by atoms with Gasteiger partial charge in [-0.15, -0.1) is 17.0 Å². The van der Waals surface area contributed by atoms with E-state index < -0.39 is 72.7 Å². The van der Waals surface area contributed by atoms with Crippen molar-refractivity contribution in [2.45, 2.75) is 83.0 Å². The molecule has 0 aliphatic rings. The Morgan fingerprint density at radius 3 is 1.51 bits per heavy atom. The SMILES string of the molecule is CCCCCCc1ccc(/C=C/c2ccnc(/C([NH-])=C/C(=N)C(F)(F)F)c2)s1.O=CO/C(=C/c1ccnc(-c2cc(/C=C(\CC(F)(F)F)OC=O)cc(-c3cc(/C=C(\CC(F)(F)F)OC=O)ccn3)n2)c1)CC(F)(F)F.[N-]=C=S.[Ru+2]. The summed E-state index contributed by atoms with van der Waals surface area (Å²) in [6.07, 6.45) is -7.21. The molecule has 0 spiro atoms. The number of isothiocyanates is 1. The maximum Gasteiger partial charge on any atom is 2.00 e. The van der Waals surface area contributed by atoms with Gasteiger partial charge >= 0.3 is 44.2 Å². The number of hydrogen-bond donors (Lipinski definition) is 1. The van der Waals surface area contributed by atoms with Gasteiger partial charge in [0, 0.05) is 34.0 Å². The molecule has 2 N–H and O–H groups in total. The van der Waals surface area contributed by atoms with Crippen molar-refractivity contribution < 1.29 is 101 Å². The standard InChI is InChI=1S/C30H20F9N3O6.C21H23F3N3S.CNS.Ru/c31-28(32,33)12-21(46-15-43)5-18-1-3-40-24(8-18)26-10-20(7-23(48-17-45)14-30(37,38)39)11-27(42-26)25-9-19(2-4-41-25)6-22(47-16-44)13-29(34,35)36;1-2-3-4-5-6-16-9-10-17(28-16)8-7-15-11-12-27-19(13-15)18(25)14-20(26)21(22,23)24;2-1-3;/h1-11,15-17H,12-14H2;7-14,25-26H,2-6H2,1H3;;/q;2*-1;+2/b21-5+,22-6+,23-7+;8-7+,18-14-,26-20?;;. The molecule has 426 valence electrons. The number of nitrogens with zero attached hydrogens (tertiary/aromatic N) is 5. The average Bonchev–Trinajstić information content (AvgIpc) is 3.81. The van der Waals surface area contributed by atoms with Crippen molar-refractivity contribution in [3.8, 4) is 22.8 Å². The van der Waals surface area contributed by atoms with E-state index in [2.05, 4.69) is 65.4 Å². The maximum absolute atomic E-state index is 13.1. The molecule has 0 aliphatic heterocycles. The topological polar surface area (TPSA) is 200 Å². The fourth-order valence-corrected chi connectivity index (χ4v) is 7.45. The first-order valence-corrected chi connectivity index (χ1v) is 23.8. The summed E-state index contributed by atoms with van der Waals surface area (Å²) in [5.41, 5.74) is 6.32. The number of aryl methyl sites for hydroxylation is 1. The van der Waals surface area contributed by atoms with Crippen LogP contribution < -0.4 is 0 Å². The minimum absolute atomic E-state index is 0. The van der Waals surface area contributed by atoms with Crippen molar-refractivity contribution in [1.82, 2.24) is 19.9 Å². The van der Waals surface area contributed by atoms with E-state index in [4.69, 9.17) is 16.6 Å². The number of ether oxygens (including phenoxy) is 3. The Bertz CT molecular complexity index is 2960. The molecule has 0 aliphatic carbocycles. The van der Waals surface area contributed by atoms with Crippen LogP contribution in [-0.2, 0) is 54.5 Å². The third-order valence-electron chi connectivity index (χ3n) is 9.70. The zero-order valence-corrected chi connectivity index (χ0v) is 44.6. The Kier molecular flexibility index (Phi) is 28.4. The molecule has 0 radical (unpaired) electrons. The van der Waals surface area contributed by atoms with Gasteiger partial charge in [0.2, 0.25) is 0 Å². The number of unbranched alkanes of at least 4 members (excludes halogenated alkanes) is 3. The third-order valence-corrected chi connectivity index (χ3v) is 10.8. The number of carbonyl (C=O) groups is 3. The summed E-state index contributed by atoms with van der Waals surface area (Å²) in [4.78, 5) is 51.3. The molecule has 0 atom stereocenters. The number of pyridine rings is 4. The van der Waals surface area contributed by atoms with E-state index in [0.29, 0.717) is 6.08 Å². The predicted molar refractivity (Wildman–Crippen MR) is 275 cm³/mol. The smallest absolute Gasteiger partial charge is 0.753 e. The summed E-state index contributed by atoms with van der Waals surface area (Å²) in [5.74, 6) is -2.36. The van der Waals surface area contributed by atoms with E-state index in [0.717, 1.165) is 47.5 Å². The fraction of sp³-hybridized carbons (Fsp3) is 0.250. The van der Waals surface area contributed by atoms with Crippen LogP contribution in [0.1, 0.15) is 89.6 Å². The molecular weight excluding hydrogens is 1210 g/mol. The maximum atomic E-state index is 13.1. The molecule has 5 heterocycles. The van der Waals surface area contributed by atoms with E-state index in [-0.39, 0.29) is 84.1 Å². The van der Waals surface area contributed by atoms with Crippen molar-refractivity contribution >= 4 is 89.9 Å². The van der Waals surface area contributed by atoms with Crippen molar-refractivity contribution in [3.63, 3.8) is 0 Å². The Hall–Kier alpha value is -7.54. The molecule has 5 aromatic heterocycles. The molecule has 13 nitrogen and oxygen atoms in total. The van der Waals surface area contributed by atoms with Crippen LogP contribution in [0.25, 0.3) is 70.0 Å². The summed E-state index contributed by atoms with van der Waals surface area (Å²) < 4.78 is 168. The summed E-state index contributed by atoms with van der Waals surface area (Å²) in [6, 6.07) is 14.8. The molecule has 5 aromatic rings. The fourth-order valence-electron chi connectivity index (χ4n) is 6.49. The minimum Gasteiger partial charge on any atom is -0.753 e. The van der Waals surface area contributed by atoms with Crippen LogP contribution in [0.3, 0.4) is 0 Å². The minimum atomic E-state index is -4.80. The van der Waals surface area contributed by atoms with Crippen molar-refractivity contribution in [3.05, 3.63) is 151 Å². The summed E-state index contributed by atoms with van der Waals surface area (Å²) in [5, 5.41) is 15.4. The second-order valence-corrected chi connectivity index (χ2v) is 17.3. The molecule has 0 unspecified atom stereocenters. The number of halogens is 12. The van der Waals surface area contributed by atoms with Gasteiger partial charge in [0.1, 0.15) is 42.3 Å². The number of carbonyl (C=O) groups excluding carboxylic acids is 3. The van der Waals surface area contributed by atoms with Gasteiger partial charge in [-0.25, -0.2) is 4.98 Å². The second-order valence-electron chi connectivity index (χ2n) is 16.0. The number of allylic oxidation sites excluding steroid dienone is 4. The molecule has 80 heavy (non-hydrogen) atoms. The van der Waals surface area contributed by atoms with Gasteiger partial charge in [0.05, 0.1) is 22.8 Å². The number of aromatic nitrogens is 4. The van der Waals surface area contributed by atoms with Gasteiger partial charge in [-0.3, -0.25) is 34.7 Å². The van der Waals surface area contributed by atoms with E-state index in [1.165, 1.54) is 84.4 Å². The summed E-state index contributed by atoms with van der Waals surface area (Å²) >= 11 is 5.43. The number of thiophene rings is 1. The molecule has 0 amide bonds. The van der Waals surface area contributed by atoms with Crippen molar-refractivity contribution in [1.29, 1.82) is 5.41 Å². The van der Waals surface area contributed by atoms with Gasteiger partial charge in [-0.05, 0) is 126 Å². The molecule has 0 aromatic carbocycles. The number of rotatable bonds is 23. The second kappa shape index (κ2) is 33.1. The number of nitrogens with one attached hydrogen (secondary N) is 2. The van der Waals surface area contributed by atoms with Gasteiger partial charge in [-0.1, -0.05) is 44.5 Å². The number of thiocarbonyl (C=S) groups is 1. The van der Waals surface area contributed by atoms with Crippen LogP contribution in [0.5, 0.6) is 0 Å². The van der Waals surface area contributed by atoms with Crippen molar-refractivity contribution in [2.75, 3.05) is 0 Å². The van der Waals surface area contributed by atoms with E-state index in [9.17, 15) is 67.1 Å². The van der Waals surface area contributed by atoms with Crippen LogP contribution in [0.4, 0.5) is 52.7 Å². The van der Waals surface area contributed by atoms with Gasteiger partial charge < -0.3 is 25.4 Å². The van der Waals surface area contributed by atoms with Gasteiger partial charge in [0.25, 0.3) is 19.4 Å². The zero-order valence-electron chi connectivity index (χ0n) is 41.2. The van der Waals surface area contributed by atoms with Crippen molar-refractivity contribution in [2.24, 2.45) is 0 Å². The van der Waals surface area contributed by atoms with Crippen LogP contribution in [0.2, 0.25) is 0 Å². The van der Waals surface area contributed by atoms with E-state index >= 15 is 0 Å². The predicted octanol–water partition coefficient (Wildman–Crippen LogP) is 15.7. The van der Waals surface area contributed by atoms with E-state index in [1.54, 1.807) is 17.4 Å². The summed E-state index contributed by atoms with van der Waals surface area (Å²) in [7, 11) is 0. The zero-order chi connectivity index (χ0) is 58.8. The first-order valence-electron chi connectivity index (χ1n) is 22.6. The van der Waals surface area contributed by atoms with Gasteiger partial charge in [0.15, 0.2) is 0 Å². The molecule has 0 saturated carbocycles.